The molecule has 5 heteroatoms. The van der Waals surface area contributed by atoms with Gasteiger partial charge in [0.05, 0.1) is 15.0 Å². The second-order valence-electron chi connectivity index (χ2n) is 3.13. The van der Waals surface area contributed by atoms with E-state index in [1.54, 1.807) is 6.20 Å². The first-order valence-electron chi connectivity index (χ1n) is 4.10. The zero-order valence-corrected chi connectivity index (χ0v) is 13.1. The lowest BCUT2D eigenvalue weighted by Gasteiger charge is -2.08. The van der Waals surface area contributed by atoms with Crippen LogP contribution in [0.3, 0.4) is 0 Å². The molecule has 15 heavy (non-hydrogen) atoms. The Morgan fingerprint density at radius 1 is 1.20 bits per heavy atom. The summed E-state index contributed by atoms with van der Waals surface area (Å²) in [4.78, 5) is 4.33. The van der Waals surface area contributed by atoms with Crippen molar-refractivity contribution in [1.82, 2.24) is 4.98 Å². The largest absolute Gasteiger partial charge is 0.254 e. The maximum absolute atomic E-state index is 6.26. The number of hydrogen-bond donors (Lipinski definition) is 0. The first kappa shape index (κ1) is 11.8. The Morgan fingerprint density at radius 2 is 1.87 bits per heavy atom. The topological polar surface area (TPSA) is 12.9 Å². The van der Waals surface area contributed by atoms with Crippen molar-refractivity contribution < 1.29 is 0 Å². The number of aryl methyl sites for hydroxylation is 1. The molecular formula is C10H5Br3ClN. The molecule has 0 unspecified atom stereocenters. The van der Waals surface area contributed by atoms with Crippen LogP contribution in [-0.4, -0.2) is 4.98 Å². The minimum Gasteiger partial charge on any atom is -0.254 e. The third kappa shape index (κ3) is 1.97. The van der Waals surface area contributed by atoms with E-state index < -0.39 is 0 Å². The highest BCUT2D eigenvalue weighted by Crippen LogP contribution is 2.39. The molecule has 1 aromatic carbocycles. The molecule has 0 aliphatic carbocycles. The zero-order chi connectivity index (χ0) is 11.2. The summed E-state index contributed by atoms with van der Waals surface area (Å²) in [7, 11) is 0. The number of aromatic nitrogens is 1. The SMILES string of the molecule is Cc1cc(Br)c2ncc(Br)c(Br)c2c1Cl. The van der Waals surface area contributed by atoms with Gasteiger partial charge in [-0.2, -0.15) is 0 Å². The van der Waals surface area contributed by atoms with Gasteiger partial charge in [0.2, 0.25) is 0 Å². The van der Waals surface area contributed by atoms with Crippen molar-refractivity contribution in [3.63, 3.8) is 0 Å². The molecule has 1 aromatic heterocycles. The van der Waals surface area contributed by atoms with E-state index in [1.165, 1.54) is 0 Å². The fourth-order valence-electron chi connectivity index (χ4n) is 1.37. The van der Waals surface area contributed by atoms with Crippen molar-refractivity contribution in [2.45, 2.75) is 6.92 Å². The lowest BCUT2D eigenvalue weighted by molar-refractivity contribution is 1.35. The lowest BCUT2D eigenvalue weighted by Crippen LogP contribution is -1.87. The monoisotopic (exact) mass is 411 g/mol. The Labute approximate surface area is 118 Å². The normalized spacial score (nSPS) is 11.0. The van der Waals surface area contributed by atoms with Crippen LogP contribution in [0.5, 0.6) is 0 Å². The quantitative estimate of drug-likeness (QED) is 0.556. The number of fused-ring (bicyclic) bond motifs is 1. The van der Waals surface area contributed by atoms with E-state index in [4.69, 9.17) is 11.6 Å². The van der Waals surface area contributed by atoms with E-state index in [2.05, 4.69) is 52.8 Å². The molecule has 0 fully saturated rings. The maximum Gasteiger partial charge on any atom is 0.0871 e. The molecule has 0 atom stereocenters. The number of pyridine rings is 1. The second-order valence-corrected chi connectivity index (χ2v) is 6.01. The molecule has 0 saturated heterocycles. The Balaban J connectivity index is 3.04. The lowest BCUT2D eigenvalue weighted by atomic mass is 10.1. The van der Waals surface area contributed by atoms with Gasteiger partial charge in [0.1, 0.15) is 0 Å². The third-order valence-electron chi connectivity index (χ3n) is 2.11. The highest BCUT2D eigenvalue weighted by molar-refractivity contribution is 9.13. The molecule has 78 valence electrons. The average molecular weight is 414 g/mol. The van der Waals surface area contributed by atoms with Gasteiger partial charge < -0.3 is 0 Å². The smallest absolute Gasteiger partial charge is 0.0871 e. The van der Waals surface area contributed by atoms with Crippen LogP contribution in [0, 0.1) is 6.92 Å². The fourth-order valence-corrected chi connectivity index (χ4v) is 3.15. The summed E-state index contributed by atoms with van der Waals surface area (Å²) in [6.45, 7) is 1.97. The molecule has 0 aliphatic heterocycles. The Hall–Kier alpha value is 0.360. The summed E-state index contributed by atoms with van der Waals surface area (Å²) in [6.07, 6.45) is 1.75. The van der Waals surface area contributed by atoms with Crippen molar-refractivity contribution in [2.75, 3.05) is 0 Å². The highest BCUT2D eigenvalue weighted by atomic mass is 79.9. The molecule has 2 rings (SSSR count). The summed E-state index contributed by atoms with van der Waals surface area (Å²) >= 11 is 16.7. The highest BCUT2D eigenvalue weighted by Gasteiger charge is 2.12. The number of benzene rings is 1. The van der Waals surface area contributed by atoms with Gasteiger partial charge in [0.25, 0.3) is 0 Å². The predicted octanol–water partition coefficient (Wildman–Crippen LogP) is 5.48. The summed E-state index contributed by atoms with van der Waals surface area (Å²) in [6, 6.07) is 1.97. The van der Waals surface area contributed by atoms with Crippen LogP contribution in [0.15, 0.2) is 25.7 Å². The van der Waals surface area contributed by atoms with Crippen LogP contribution in [0.25, 0.3) is 10.9 Å². The minimum absolute atomic E-state index is 0.730. The summed E-state index contributed by atoms with van der Waals surface area (Å²) < 4.78 is 2.78. The number of nitrogens with zero attached hydrogens (tertiary/aromatic N) is 1. The van der Waals surface area contributed by atoms with Gasteiger partial charge in [-0.25, -0.2) is 0 Å². The van der Waals surface area contributed by atoms with Crippen molar-refractivity contribution in [3.8, 4) is 0 Å². The van der Waals surface area contributed by atoms with Crippen molar-refractivity contribution in [2.24, 2.45) is 0 Å². The van der Waals surface area contributed by atoms with Gasteiger partial charge in [-0.15, -0.1) is 0 Å². The van der Waals surface area contributed by atoms with Gasteiger partial charge in [-0.1, -0.05) is 11.6 Å². The van der Waals surface area contributed by atoms with E-state index in [0.717, 1.165) is 34.9 Å². The van der Waals surface area contributed by atoms with Gasteiger partial charge in [0, 0.05) is 20.5 Å². The van der Waals surface area contributed by atoms with Crippen LogP contribution in [-0.2, 0) is 0 Å². The van der Waals surface area contributed by atoms with Crippen LogP contribution < -0.4 is 0 Å². The van der Waals surface area contributed by atoms with Gasteiger partial charge in [-0.05, 0) is 66.3 Å². The zero-order valence-electron chi connectivity index (χ0n) is 7.61. The Kier molecular flexibility index (Phi) is 3.41. The average Bonchev–Trinajstić information content (AvgIpc) is 2.19. The molecule has 0 spiro atoms. The van der Waals surface area contributed by atoms with E-state index >= 15 is 0 Å². The molecule has 0 aliphatic rings. The van der Waals surface area contributed by atoms with Gasteiger partial charge in [-0.3, -0.25) is 4.98 Å². The van der Waals surface area contributed by atoms with Crippen LogP contribution >= 0.6 is 59.4 Å². The fraction of sp³-hybridized carbons (Fsp3) is 0.100. The first-order valence-corrected chi connectivity index (χ1v) is 6.86. The summed E-state index contributed by atoms with van der Waals surface area (Å²) in [5.41, 5.74) is 1.89. The van der Waals surface area contributed by atoms with E-state index in [-0.39, 0.29) is 0 Å². The van der Waals surface area contributed by atoms with Crippen LogP contribution in [0.2, 0.25) is 5.02 Å². The molecule has 0 amide bonds. The molecule has 1 nitrogen and oxygen atoms in total. The standard InChI is InChI=1S/C10H5Br3ClN/c1-4-2-5(11)10-7(9(4)14)8(13)6(12)3-15-10/h2-3H,1H3. The number of halogens is 4. The third-order valence-corrected chi connectivity index (χ3v) is 5.16. The molecule has 2 aromatic rings. The van der Waals surface area contributed by atoms with Gasteiger partial charge >= 0.3 is 0 Å². The molecule has 1 heterocycles. The molecular weight excluding hydrogens is 409 g/mol. The van der Waals surface area contributed by atoms with E-state index in [0.29, 0.717) is 0 Å². The predicted molar refractivity (Wildman–Crippen MR) is 74.6 cm³/mol. The number of rotatable bonds is 0. The first-order chi connectivity index (χ1) is 7.02. The molecule has 0 N–H and O–H groups in total. The molecule has 0 saturated carbocycles. The number of hydrogen-bond acceptors (Lipinski definition) is 1. The van der Waals surface area contributed by atoms with Crippen molar-refractivity contribution in [1.29, 1.82) is 0 Å². The molecule has 0 bridgehead atoms. The minimum atomic E-state index is 0.730. The van der Waals surface area contributed by atoms with Crippen LogP contribution in [0.4, 0.5) is 0 Å². The Bertz CT molecular complexity index is 546. The van der Waals surface area contributed by atoms with Gasteiger partial charge in [0.15, 0.2) is 0 Å². The summed E-state index contributed by atoms with van der Waals surface area (Å²) in [5.74, 6) is 0. The Morgan fingerprint density at radius 3 is 2.53 bits per heavy atom. The van der Waals surface area contributed by atoms with E-state index in [1.807, 2.05) is 13.0 Å². The van der Waals surface area contributed by atoms with Crippen molar-refractivity contribution >= 4 is 70.3 Å². The van der Waals surface area contributed by atoms with Crippen LogP contribution in [0.1, 0.15) is 5.56 Å². The molecule has 0 radical (unpaired) electrons. The van der Waals surface area contributed by atoms with Crippen molar-refractivity contribution in [3.05, 3.63) is 36.3 Å². The summed E-state index contributed by atoms with van der Waals surface area (Å²) in [5, 5.41) is 1.66. The second kappa shape index (κ2) is 4.32. The maximum atomic E-state index is 6.26. The van der Waals surface area contributed by atoms with E-state index in [9.17, 15) is 0 Å².